The Balaban J connectivity index is 1.97. The minimum absolute atomic E-state index is 0.314. The molecule has 2 fully saturated rings. The van der Waals surface area contributed by atoms with Crippen LogP contribution in [-0.4, -0.2) is 22.9 Å². The first-order valence-electron chi connectivity index (χ1n) is 7.86. The van der Waals surface area contributed by atoms with Gasteiger partial charge in [-0.15, -0.1) is 0 Å². The molecule has 2 rings (SSSR count). The van der Waals surface area contributed by atoms with Crippen LogP contribution in [0.4, 0.5) is 0 Å². The zero-order valence-corrected chi connectivity index (χ0v) is 12.3. The molecule has 0 aromatic carbocycles. The van der Waals surface area contributed by atoms with Crippen LogP contribution in [0.25, 0.3) is 0 Å². The third-order valence-electron chi connectivity index (χ3n) is 5.12. The van der Waals surface area contributed by atoms with Gasteiger partial charge >= 0.3 is 0 Å². The predicted octanol–water partition coefficient (Wildman–Crippen LogP) is 3.99. The summed E-state index contributed by atoms with van der Waals surface area (Å²) < 4.78 is 0. The van der Waals surface area contributed by atoms with Gasteiger partial charge in [0.15, 0.2) is 0 Å². The van der Waals surface area contributed by atoms with Gasteiger partial charge in [-0.3, -0.25) is 4.79 Å². The molecule has 0 spiro atoms. The normalized spacial score (nSPS) is 37.3. The molecule has 2 aliphatic carbocycles. The standard InChI is InChI=1S/C16H29NO/c1-12-4-8-15(9-5-12)17(14(3)18)16-10-6-13(2)7-11-16/h12-13,15-16H,4-11H2,1-3H3. The highest BCUT2D eigenvalue weighted by Crippen LogP contribution is 2.33. The van der Waals surface area contributed by atoms with Crippen molar-refractivity contribution in [3.8, 4) is 0 Å². The van der Waals surface area contributed by atoms with E-state index < -0.39 is 0 Å². The minimum Gasteiger partial charge on any atom is -0.337 e. The van der Waals surface area contributed by atoms with E-state index in [1.54, 1.807) is 6.92 Å². The molecule has 0 heterocycles. The second-order valence-corrected chi connectivity index (χ2v) is 6.75. The zero-order valence-electron chi connectivity index (χ0n) is 12.3. The fourth-order valence-electron chi connectivity index (χ4n) is 3.85. The van der Waals surface area contributed by atoms with Crippen molar-refractivity contribution in [1.29, 1.82) is 0 Å². The highest BCUT2D eigenvalue weighted by atomic mass is 16.2. The molecule has 2 nitrogen and oxygen atoms in total. The van der Waals surface area contributed by atoms with E-state index in [2.05, 4.69) is 18.7 Å². The molecule has 0 bridgehead atoms. The molecular weight excluding hydrogens is 222 g/mol. The summed E-state index contributed by atoms with van der Waals surface area (Å²) in [5.74, 6) is 2.04. The number of nitrogens with zero attached hydrogens (tertiary/aromatic N) is 1. The van der Waals surface area contributed by atoms with Gasteiger partial charge < -0.3 is 4.90 Å². The predicted molar refractivity (Wildman–Crippen MR) is 75.4 cm³/mol. The molecule has 0 N–H and O–H groups in total. The molecule has 0 aromatic rings. The molecule has 18 heavy (non-hydrogen) atoms. The number of hydrogen-bond donors (Lipinski definition) is 0. The smallest absolute Gasteiger partial charge is 0.219 e. The van der Waals surface area contributed by atoms with Gasteiger partial charge in [-0.25, -0.2) is 0 Å². The molecule has 0 unspecified atom stereocenters. The number of amides is 1. The summed E-state index contributed by atoms with van der Waals surface area (Å²) in [6.07, 6.45) is 10.1. The SMILES string of the molecule is CC(=O)N(C1CCC(C)CC1)C1CCC(C)CC1. The lowest BCUT2D eigenvalue weighted by atomic mass is 9.82. The van der Waals surface area contributed by atoms with Crippen LogP contribution < -0.4 is 0 Å². The van der Waals surface area contributed by atoms with Gasteiger partial charge in [-0.1, -0.05) is 13.8 Å². The Morgan fingerprint density at radius 3 is 1.39 bits per heavy atom. The lowest BCUT2D eigenvalue weighted by Gasteiger charge is -2.43. The van der Waals surface area contributed by atoms with Crippen LogP contribution in [0.2, 0.25) is 0 Å². The van der Waals surface area contributed by atoms with Crippen molar-refractivity contribution in [3.05, 3.63) is 0 Å². The molecule has 0 atom stereocenters. The van der Waals surface area contributed by atoms with Crippen molar-refractivity contribution in [2.75, 3.05) is 0 Å². The summed E-state index contributed by atoms with van der Waals surface area (Å²) in [6.45, 7) is 6.46. The second kappa shape index (κ2) is 6.08. The largest absolute Gasteiger partial charge is 0.337 e. The highest BCUT2D eigenvalue weighted by molar-refractivity contribution is 5.74. The van der Waals surface area contributed by atoms with Crippen molar-refractivity contribution in [1.82, 2.24) is 4.90 Å². The van der Waals surface area contributed by atoms with Crippen molar-refractivity contribution in [2.45, 2.75) is 84.2 Å². The van der Waals surface area contributed by atoms with Gasteiger partial charge in [0.05, 0.1) is 0 Å². The highest BCUT2D eigenvalue weighted by Gasteiger charge is 2.32. The van der Waals surface area contributed by atoms with Crippen LogP contribution >= 0.6 is 0 Å². The Bertz CT molecular complexity index is 251. The topological polar surface area (TPSA) is 20.3 Å². The maximum absolute atomic E-state index is 12.0. The first-order chi connectivity index (χ1) is 8.58. The Hall–Kier alpha value is -0.530. The van der Waals surface area contributed by atoms with E-state index in [1.807, 2.05) is 0 Å². The maximum atomic E-state index is 12.0. The molecule has 0 saturated heterocycles. The van der Waals surface area contributed by atoms with Crippen molar-refractivity contribution in [2.24, 2.45) is 11.8 Å². The molecule has 1 amide bonds. The van der Waals surface area contributed by atoms with E-state index >= 15 is 0 Å². The zero-order chi connectivity index (χ0) is 13.1. The monoisotopic (exact) mass is 251 g/mol. The van der Waals surface area contributed by atoms with E-state index in [0.717, 1.165) is 11.8 Å². The molecule has 2 aliphatic rings. The van der Waals surface area contributed by atoms with E-state index in [-0.39, 0.29) is 0 Å². The van der Waals surface area contributed by atoms with Gasteiger partial charge in [0.25, 0.3) is 0 Å². The average Bonchev–Trinajstić information content (AvgIpc) is 2.34. The quantitative estimate of drug-likeness (QED) is 0.726. The van der Waals surface area contributed by atoms with Gasteiger partial charge in [-0.2, -0.15) is 0 Å². The van der Waals surface area contributed by atoms with Crippen LogP contribution in [0, 0.1) is 11.8 Å². The van der Waals surface area contributed by atoms with E-state index in [4.69, 9.17) is 0 Å². The van der Waals surface area contributed by atoms with Gasteiger partial charge in [0.2, 0.25) is 5.91 Å². The third kappa shape index (κ3) is 3.27. The van der Waals surface area contributed by atoms with E-state index in [9.17, 15) is 4.79 Å². The fourth-order valence-corrected chi connectivity index (χ4v) is 3.85. The number of hydrogen-bond acceptors (Lipinski definition) is 1. The van der Waals surface area contributed by atoms with E-state index in [1.165, 1.54) is 51.4 Å². The molecule has 2 heteroatoms. The molecule has 0 radical (unpaired) electrons. The summed E-state index contributed by atoms with van der Waals surface area (Å²) in [5.41, 5.74) is 0. The Kier molecular flexibility index (Phi) is 4.69. The van der Waals surface area contributed by atoms with Crippen molar-refractivity contribution in [3.63, 3.8) is 0 Å². The lowest BCUT2D eigenvalue weighted by Crippen LogP contribution is -2.48. The average molecular weight is 251 g/mol. The van der Waals surface area contributed by atoms with Crippen LogP contribution in [0.15, 0.2) is 0 Å². The van der Waals surface area contributed by atoms with Gasteiger partial charge in [0.1, 0.15) is 0 Å². The van der Waals surface area contributed by atoms with Crippen LogP contribution in [0.1, 0.15) is 72.1 Å². The maximum Gasteiger partial charge on any atom is 0.219 e. The Morgan fingerprint density at radius 1 is 0.778 bits per heavy atom. The Labute approximate surface area is 112 Å². The first-order valence-corrected chi connectivity index (χ1v) is 7.86. The second-order valence-electron chi connectivity index (χ2n) is 6.75. The fraction of sp³-hybridized carbons (Fsp3) is 0.938. The van der Waals surface area contributed by atoms with E-state index in [0.29, 0.717) is 18.0 Å². The molecule has 0 aromatic heterocycles. The van der Waals surface area contributed by atoms with Crippen molar-refractivity contribution < 1.29 is 4.79 Å². The number of rotatable bonds is 2. The molecular formula is C16H29NO. The Morgan fingerprint density at radius 2 is 1.11 bits per heavy atom. The molecule has 104 valence electrons. The van der Waals surface area contributed by atoms with Crippen LogP contribution in [-0.2, 0) is 4.79 Å². The minimum atomic E-state index is 0.314. The van der Waals surface area contributed by atoms with Gasteiger partial charge in [-0.05, 0) is 63.2 Å². The summed E-state index contributed by atoms with van der Waals surface area (Å²) >= 11 is 0. The van der Waals surface area contributed by atoms with Gasteiger partial charge in [0, 0.05) is 19.0 Å². The first kappa shape index (κ1) is 13.9. The molecule has 0 aliphatic heterocycles. The van der Waals surface area contributed by atoms with Crippen LogP contribution in [0.3, 0.4) is 0 Å². The van der Waals surface area contributed by atoms with Crippen LogP contribution in [0.5, 0.6) is 0 Å². The summed E-state index contributed by atoms with van der Waals surface area (Å²) in [4.78, 5) is 14.3. The summed E-state index contributed by atoms with van der Waals surface area (Å²) in [7, 11) is 0. The third-order valence-corrected chi connectivity index (χ3v) is 5.12. The van der Waals surface area contributed by atoms with Crippen molar-refractivity contribution >= 4 is 5.91 Å². The number of carbonyl (C=O) groups excluding carboxylic acids is 1. The summed E-state index contributed by atoms with van der Waals surface area (Å²) in [5, 5.41) is 0. The summed E-state index contributed by atoms with van der Waals surface area (Å²) in [6, 6.07) is 1.08. The lowest BCUT2D eigenvalue weighted by molar-refractivity contribution is -0.136. The number of carbonyl (C=O) groups is 1. The molecule has 2 saturated carbocycles.